The topological polar surface area (TPSA) is 71.3 Å². The third-order valence-corrected chi connectivity index (χ3v) is 5.73. The Hall–Kier alpha value is -3.35. The maximum absolute atomic E-state index is 14.4. The number of fused-ring (bicyclic) bond motifs is 2. The number of aromatic nitrogens is 1. The third-order valence-electron chi connectivity index (χ3n) is 5.73. The Bertz CT molecular complexity index is 1150. The summed E-state index contributed by atoms with van der Waals surface area (Å²) in [5.74, 6) is -1.11. The highest BCUT2D eigenvalue weighted by atomic mass is 19.1. The predicted octanol–water partition coefficient (Wildman–Crippen LogP) is 4.62. The fourth-order valence-electron chi connectivity index (χ4n) is 4.08. The van der Waals surface area contributed by atoms with Crippen LogP contribution in [0.15, 0.2) is 42.2 Å². The van der Waals surface area contributed by atoms with E-state index in [0.717, 1.165) is 54.5 Å². The van der Waals surface area contributed by atoms with Crippen molar-refractivity contribution < 1.29 is 18.3 Å². The Morgan fingerprint density at radius 3 is 2.84 bits per heavy atom. The molecule has 0 unspecified atom stereocenters. The van der Waals surface area contributed by atoms with Gasteiger partial charge >= 0.3 is 0 Å². The highest BCUT2D eigenvalue weighted by Crippen LogP contribution is 2.33. The van der Waals surface area contributed by atoms with E-state index in [-0.39, 0.29) is 29.3 Å². The number of hydrogen-bond acceptors (Lipinski definition) is 3. The lowest BCUT2D eigenvalue weighted by Gasteiger charge is -2.30. The molecule has 2 aromatic carbocycles. The van der Waals surface area contributed by atoms with Crippen molar-refractivity contribution >= 4 is 22.9 Å². The van der Waals surface area contributed by atoms with Crippen molar-refractivity contribution in [2.45, 2.75) is 26.2 Å². The quantitative estimate of drug-likeness (QED) is 0.517. The van der Waals surface area contributed by atoms with Crippen LogP contribution in [0.3, 0.4) is 0 Å². The van der Waals surface area contributed by atoms with E-state index in [2.05, 4.69) is 9.88 Å². The van der Waals surface area contributed by atoms with Crippen LogP contribution >= 0.6 is 0 Å². The summed E-state index contributed by atoms with van der Waals surface area (Å²) in [6, 6.07) is 7.36. The fraction of sp³-hybridized carbons (Fsp3) is 0.292. The summed E-state index contributed by atoms with van der Waals surface area (Å²) >= 11 is 0. The SMILES string of the molecule is CCN(CCCCc1c[nH]c2ccc(F)cc12)C1=Cc2c(F)ccc(C(N)=O)c2OC1. The van der Waals surface area contributed by atoms with Gasteiger partial charge in [0.15, 0.2) is 0 Å². The molecule has 7 heteroatoms. The molecule has 2 heterocycles. The molecular weight excluding hydrogens is 400 g/mol. The summed E-state index contributed by atoms with van der Waals surface area (Å²) in [7, 11) is 0. The van der Waals surface area contributed by atoms with E-state index < -0.39 is 11.7 Å². The van der Waals surface area contributed by atoms with Gasteiger partial charge in [-0.25, -0.2) is 8.78 Å². The lowest BCUT2D eigenvalue weighted by atomic mass is 10.0. The molecule has 3 N–H and O–H groups in total. The normalized spacial score (nSPS) is 12.9. The van der Waals surface area contributed by atoms with E-state index in [1.54, 1.807) is 18.2 Å². The van der Waals surface area contributed by atoms with Crippen LogP contribution in [0.1, 0.15) is 41.3 Å². The number of likely N-dealkylation sites (N-methyl/N-ethyl adjacent to an activating group) is 1. The van der Waals surface area contributed by atoms with E-state index >= 15 is 0 Å². The largest absolute Gasteiger partial charge is 0.486 e. The number of carbonyl (C=O) groups is 1. The van der Waals surface area contributed by atoms with Crippen molar-refractivity contribution in [1.82, 2.24) is 9.88 Å². The first-order valence-electron chi connectivity index (χ1n) is 10.4. The van der Waals surface area contributed by atoms with Crippen molar-refractivity contribution in [1.29, 1.82) is 0 Å². The highest BCUT2D eigenvalue weighted by Gasteiger charge is 2.23. The van der Waals surface area contributed by atoms with Gasteiger partial charge in [0.05, 0.1) is 16.8 Å². The number of rotatable bonds is 8. The van der Waals surface area contributed by atoms with E-state index in [1.165, 1.54) is 18.2 Å². The maximum atomic E-state index is 14.4. The molecule has 4 rings (SSSR count). The first-order chi connectivity index (χ1) is 15.0. The van der Waals surface area contributed by atoms with E-state index in [4.69, 9.17) is 10.5 Å². The molecule has 0 saturated heterocycles. The zero-order chi connectivity index (χ0) is 22.0. The molecule has 1 amide bonds. The first-order valence-corrected chi connectivity index (χ1v) is 10.4. The number of benzene rings is 2. The number of carbonyl (C=O) groups excluding carboxylic acids is 1. The van der Waals surface area contributed by atoms with E-state index in [9.17, 15) is 13.6 Å². The molecule has 5 nitrogen and oxygen atoms in total. The molecule has 1 aliphatic heterocycles. The molecule has 1 aliphatic rings. The van der Waals surface area contributed by atoms with Crippen LogP contribution in [0, 0.1) is 11.6 Å². The molecule has 0 fully saturated rings. The summed E-state index contributed by atoms with van der Waals surface area (Å²) in [5, 5.41) is 0.924. The lowest BCUT2D eigenvalue weighted by molar-refractivity contribution is 0.0996. The number of ether oxygens (including phenoxy) is 1. The van der Waals surface area contributed by atoms with Gasteiger partial charge in [-0.2, -0.15) is 0 Å². The summed E-state index contributed by atoms with van der Waals surface area (Å²) in [6.07, 6.45) is 6.38. The third kappa shape index (κ3) is 4.26. The van der Waals surface area contributed by atoms with Crippen LogP contribution in [0.4, 0.5) is 8.78 Å². The molecule has 0 spiro atoms. The van der Waals surface area contributed by atoms with Gasteiger partial charge in [-0.1, -0.05) is 0 Å². The monoisotopic (exact) mass is 425 g/mol. The molecule has 1 aromatic heterocycles. The van der Waals surface area contributed by atoms with E-state index in [1.807, 2.05) is 13.1 Å². The second-order valence-electron chi connectivity index (χ2n) is 7.67. The van der Waals surface area contributed by atoms with Gasteiger partial charge in [0.25, 0.3) is 5.91 Å². The molecule has 0 atom stereocenters. The second kappa shape index (κ2) is 8.79. The van der Waals surface area contributed by atoms with Crippen molar-refractivity contribution in [3.8, 4) is 5.75 Å². The molecule has 0 radical (unpaired) electrons. The van der Waals surface area contributed by atoms with Crippen LogP contribution < -0.4 is 10.5 Å². The van der Waals surface area contributed by atoms with Gasteiger partial charge in [0, 0.05) is 30.2 Å². The molecule has 0 aliphatic carbocycles. The van der Waals surface area contributed by atoms with Gasteiger partial charge in [0.1, 0.15) is 24.0 Å². The molecular formula is C24H25F2N3O2. The Balaban J connectivity index is 1.42. The zero-order valence-electron chi connectivity index (χ0n) is 17.4. The highest BCUT2D eigenvalue weighted by molar-refractivity contribution is 5.97. The minimum absolute atomic E-state index is 0.185. The smallest absolute Gasteiger partial charge is 0.252 e. The van der Waals surface area contributed by atoms with Crippen molar-refractivity contribution in [2.75, 3.05) is 19.7 Å². The van der Waals surface area contributed by atoms with Gasteiger partial charge in [0.2, 0.25) is 0 Å². The number of aryl methyl sites for hydroxylation is 1. The number of amides is 1. The Morgan fingerprint density at radius 2 is 2.06 bits per heavy atom. The summed E-state index contributed by atoms with van der Waals surface area (Å²) in [4.78, 5) is 16.9. The van der Waals surface area contributed by atoms with Crippen LogP contribution in [0.2, 0.25) is 0 Å². The summed E-state index contributed by atoms with van der Waals surface area (Å²) in [5.41, 5.74) is 8.73. The zero-order valence-corrected chi connectivity index (χ0v) is 17.4. The standard InChI is InChI=1S/C24H25F2N3O2/c1-2-29(10-4-3-5-15-13-28-22-9-6-16(25)11-19(15)22)17-12-20-21(26)8-7-18(24(27)30)23(20)31-14-17/h6-9,11-13,28H,2-5,10,14H2,1H3,(H2,27,30). The minimum Gasteiger partial charge on any atom is -0.486 e. The number of aromatic amines is 1. The van der Waals surface area contributed by atoms with Crippen LogP contribution in [-0.4, -0.2) is 35.5 Å². The van der Waals surface area contributed by atoms with Crippen LogP contribution in [-0.2, 0) is 6.42 Å². The van der Waals surface area contributed by atoms with E-state index in [0.29, 0.717) is 0 Å². The van der Waals surface area contributed by atoms with Crippen LogP contribution in [0.25, 0.3) is 17.0 Å². The van der Waals surface area contributed by atoms with Gasteiger partial charge in [-0.15, -0.1) is 0 Å². The Morgan fingerprint density at radius 1 is 1.23 bits per heavy atom. The lowest BCUT2D eigenvalue weighted by Crippen LogP contribution is -2.29. The number of unbranched alkanes of at least 4 members (excludes halogenated alkanes) is 1. The molecule has 162 valence electrons. The first kappa shape index (κ1) is 20.9. The van der Waals surface area contributed by atoms with Gasteiger partial charge < -0.3 is 20.4 Å². The number of H-pyrrole nitrogens is 1. The number of halogens is 2. The fourth-order valence-corrected chi connectivity index (χ4v) is 4.08. The van der Waals surface area contributed by atoms with Gasteiger partial charge in [-0.3, -0.25) is 4.79 Å². The maximum Gasteiger partial charge on any atom is 0.252 e. The van der Waals surface area contributed by atoms with Crippen molar-refractivity contribution in [3.63, 3.8) is 0 Å². The Kier molecular flexibility index (Phi) is 5.93. The number of nitrogens with zero attached hydrogens (tertiary/aromatic N) is 1. The van der Waals surface area contributed by atoms with Crippen molar-refractivity contribution in [3.05, 3.63) is 70.6 Å². The average molecular weight is 425 g/mol. The molecule has 0 bridgehead atoms. The number of primary amides is 1. The summed E-state index contributed by atoms with van der Waals surface area (Å²) in [6.45, 7) is 3.83. The van der Waals surface area contributed by atoms with Crippen LogP contribution in [0.5, 0.6) is 5.75 Å². The number of nitrogens with two attached hydrogens (primary N) is 1. The average Bonchev–Trinajstić information content (AvgIpc) is 3.16. The number of hydrogen-bond donors (Lipinski definition) is 2. The second-order valence-corrected chi connectivity index (χ2v) is 7.67. The van der Waals surface area contributed by atoms with Crippen molar-refractivity contribution in [2.24, 2.45) is 5.73 Å². The molecule has 3 aromatic rings. The predicted molar refractivity (Wildman–Crippen MR) is 117 cm³/mol. The summed E-state index contributed by atoms with van der Waals surface area (Å²) < 4.78 is 33.6. The molecule has 0 saturated carbocycles. The molecule has 31 heavy (non-hydrogen) atoms. The van der Waals surface area contributed by atoms with Gasteiger partial charge in [-0.05, 0) is 68.2 Å². The minimum atomic E-state index is -0.641. The Labute approximate surface area is 179 Å². The number of nitrogens with one attached hydrogen (secondary N) is 1.